The third-order valence-corrected chi connectivity index (χ3v) is 6.74. The van der Waals surface area contributed by atoms with E-state index in [-0.39, 0.29) is 16.4 Å². The van der Waals surface area contributed by atoms with Crippen molar-refractivity contribution < 1.29 is 15.0 Å². The average Bonchev–Trinajstić information content (AvgIpc) is 3.24. The summed E-state index contributed by atoms with van der Waals surface area (Å²) in [5.41, 5.74) is 5.42. The Morgan fingerprint density at radius 2 is 1.84 bits per heavy atom. The molecule has 0 amide bonds. The molecule has 2 N–H and O–H groups in total. The second-order valence-corrected chi connectivity index (χ2v) is 9.89. The third kappa shape index (κ3) is 4.13. The van der Waals surface area contributed by atoms with E-state index in [2.05, 4.69) is 51.0 Å². The highest BCUT2D eigenvalue weighted by molar-refractivity contribution is 5.88. The Labute approximate surface area is 189 Å². The summed E-state index contributed by atoms with van der Waals surface area (Å²) in [5.74, 6) is -0.927. The molecule has 0 spiro atoms. The molecular formula is C27H30N2O3. The summed E-state index contributed by atoms with van der Waals surface area (Å²) < 4.78 is 1.90. The first-order chi connectivity index (χ1) is 15.1. The molecule has 5 nitrogen and oxygen atoms in total. The Balaban J connectivity index is 1.80. The number of carboxylic acid groups (broad SMARTS) is 1. The van der Waals surface area contributed by atoms with Crippen LogP contribution in [0.1, 0.15) is 72.3 Å². The van der Waals surface area contributed by atoms with Crippen molar-refractivity contribution in [3.63, 3.8) is 0 Å². The quantitative estimate of drug-likeness (QED) is 0.551. The number of aliphatic hydroxyl groups is 1. The van der Waals surface area contributed by atoms with Gasteiger partial charge in [-0.15, -0.1) is 0 Å². The maximum absolute atomic E-state index is 11.1. The van der Waals surface area contributed by atoms with E-state index in [0.717, 1.165) is 16.7 Å². The zero-order valence-electron chi connectivity index (χ0n) is 19.0. The van der Waals surface area contributed by atoms with E-state index >= 15 is 0 Å². The van der Waals surface area contributed by atoms with Crippen LogP contribution < -0.4 is 0 Å². The molecule has 0 saturated carbocycles. The molecular weight excluding hydrogens is 400 g/mol. The number of nitrogens with zero attached hydrogens (tertiary/aromatic N) is 2. The maximum Gasteiger partial charge on any atom is 0.335 e. The lowest BCUT2D eigenvalue weighted by molar-refractivity contribution is 0.0582. The third-order valence-electron chi connectivity index (χ3n) is 6.74. The molecule has 0 fully saturated rings. The van der Waals surface area contributed by atoms with Crippen LogP contribution in [0.4, 0.5) is 0 Å². The summed E-state index contributed by atoms with van der Waals surface area (Å²) in [7, 11) is 0. The molecule has 1 aliphatic rings. The average molecular weight is 431 g/mol. The molecule has 32 heavy (non-hydrogen) atoms. The number of hydrogen-bond donors (Lipinski definition) is 2. The number of fused-ring (bicyclic) bond motifs is 1. The molecule has 1 aromatic heterocycles. The van der Waals surface area contributed by atoms with Gasteiger partial charge in [0.15, 0.2) is 0 Å². The molecule has 2 aromatic carbocycles. The fourth-order valence-corrected chi connectivity index (χ4v) is 4.57. The minimum absolute atomic E-state index is 0.139. The summed E-state index contributed by atoms with van der Waals surface area (Å²) in [6.45, 7) is 9.24. The van der Waals surface area contributed by atoms with Crippen molar-refractivity contribution in [1.82, 2.24) is 9.78 Å². The molecule has 1 aliphatic carbocycles. The minimum Gasteiger partial charge on any atom is -0.478 e. The Kier molecular flexibility index (Phi) is 5.55. The predicted molar refractivity (Wildman–Crippen MR) is 127 cm³/mol. The van der Waals surface area contributed by atoms with Crippen LogP contribution in [-0.4, -0.2) is 32.1 Å². The van der Waals surface area contributed by atoms with Crippen LogP contribution in [0.5, 0.6) is 0 Å². The summed E-state index contributed by atoms with van der Waals surface area (Å²) in [6.07, 6.45) is 8.12. The van der Waals surface area contributed by atoms with Crippen molar-refractivity contribution in [3.05, 3.63) is 88.2 Å². The van der Waals surface area contributed by atoms with Gasteiger partial charge in [0.05, 0.1) is 18.2 Å². The van der Waals surface area contributed by atoms with E-state index in [0.29, 0.717) is 13.0 Å². The first-order valence-electron chi connectivity index (χ1n) is 10.9. The number of carboxylic acids is 1. The van der Waals surface area contributed by atoms with Gasteiger partial charge >= 0.3 is 5.97 Å². The minimum atomic E-state index is -0.927. The Morgan fingerprint density at radius 3 is 2.47 bits per heavy atom. The van der Waals surface area contributed by atoms with Crippen LogP contribution in [0, 0.1) is 0 Å². The van der Waals surface area contributed by atoms with Crippen molar-refractivity contribution in [2.75, 3.05) is 0 Å². The normalized spacial score (nSPS) is 19.1. The number of carbonyl (C=O) groups is 1. The Morgan fingerprint density at radius 1 is 1.12 bits per heavy atom. The maximum atomic E-state index is 11.1. The second-order valence-electron chi connectivity index (χ2n) is 9.89. The van der Waals surface area contributed by atoms with E-state index in [1.807, 2.05) is 35.2 Å². The van der Waals surface area contributed by atoms with Crippen molar-refractivity contribution in [3.8, 4) is 0 Å². The van der Waals surface area contributed by atoms with Crippen LogP contribution in [-0.2, 0) is 17.4 Å². The molecule has 1 atom stereocenters. The van der Waals surface area contributed by atoms with Crippen LogP contribution in [0.15, 0.2) is 54.9 Å². The molecule has 0 saturated heterocycles. The lowest BCUT2D eigenvalue weighted by Gasteiger charge is -2.45. The standard InChI is InChI=1S/C27H30N2O3/c1-26(2)16-24(30)27(3,4)23-15-21(17-29-13-5-12-28-29)20(14-22(23)26)11-8-18-6-9-19(10-7-18)25(31)32/h5-15,24,30H,16-17H2,1-4H3,(H,31,32)/b11-8+. The van der Waals surface area contributed by atoms with Gasteiger partial charge in [0.25, 0.3) is 0 Å². The smallest absolute Gasteiger partial charge is 0.335 e. The fourth-order valence-electron chi connectivity index (χ4n) is 4.57. The lowest BCUT2D eigenvalue weighted by Crippen LogP contribution is -2.45. The summed E-state index contributed by atoms with van der Waals surface area (Å²) >= 11 is 0. The van der Waals surface area contributed by atoms with Crippen LogP contribution >= 0.6 is 0 Å². The number of aliphatic hydroxyl groups excluding tert-OH is 1. The molecule has 5 heteroatoms. The van der Waals surface area contributed by atoms with Gasteiger partial charge in [-0.3, -0.25) is 4.68 Å². The van der Waals surface area contributed by atoms with Gasteiger partial charge in [-0.25, -0.2) is 4.79 Å². The van der Waals surface area contributed by atoms with Crippen LogP contribution in [0.2, 0.25) is 0 Å². The van der Waals surface area contributed by atoms with Gasteiger partial charge in [0.1, 0.15) is 0 Å². The van der Waals surface area contributed by atoms with Gasteiger partial charge < -0.3 is 10.2 Å². The largest absolute Gasteiger partial charge is 0.478 e. The van der Waals surface area contributed by atoms with E-state index in [4.69, 9.17) is 5.11 Å². The fraction of sp³-hybridized carbons (Fsp3) is 0.333. The first kappa shape index (κ1) is 22.0. The van der Waals surface area contributed by atoms with E-state index in [1.165, 1.54) is 11.1 Å². The number of aromatic nitrogens is 2. The van der Waals surface area contributed by atoms with Crippen LogP contribution in [0.3, 0.4) is 0 Å². The summed E-state index contributed by atoms with van der Waals surface area (Å²) in [6, 6.07) is 13.3. The van der Waals surface area contributed by atoms with E-state index in [1.54, 1.807) is 18.3 Å². The highest BCUT2D eigenvalue weighted by Gasteiger charge is 2.43. The number of rotatable bonds is 5. The van der Waals surface area contributed by atoms with Crippen molar-refractivity contribution in [1.29, 1.82) is 0 Å². The number of benzene rings is 2. The van der Waals surface area contributed by atoms with Gasteiger partial charge in [0.2, 0.25) is 0 Å². The highest BCUT2D eigenvalue weighted by Crippen LogP contribution is 2.47. The second kappa shape index (κ2) is 8.06. The summed E-state index contributed by atoms with van der Waals surface area (Å²) in [4.78, 5) is 11.1. The van der Waals surface area contributed by atoms with Gasteiger partial charge in [-0.1, -0.05) is 64.1 Å². The Hall–Kier alpha value is -3.18. The predicted octanol–water partition coefficient (Wildman–Crippen LogP) is 5.12. The highest BCUT2D eigenvalue weighted by atomic mass is 16.4. The topological polar surface area (TPSA) is 75.3 Å². The van der Waals surface area contributed by atoms with E-state index in [9.17, 15) is 9.90 Å². The molecule has 0 bridgehead atoms. The van der Waals surface area contributed by atoms with E-state index < -0.39 is 12.1 Å². The van der Waals surface area contributed by atoms with Gasteiger partial charge in [-0.2, -0.15) is 5.10 Å². The van der Waals surface area contributed by atoms with Crippen molar-refractivity contribution in [2.24, 2.45) is 0 Å². The molecule has 1 heterocycles. The monoisotopic (exact) mass is 430 g/mol. The molecule has 4 rings (SSSR count). The van der Waals surface area contributed by atoms with Crippen molar-refractivity contribution in [2.45, 2.75) is 57.6 Å². The van der Waals surface area contributed by atoms with Gasteiger partial charge in [-0.05, 0) is 57.9 Å². The number of aromatic carboxylic acids is 1. The summed E-state index contributed by atoms with van der Waals surface area (Å²) in [5, 5.41) is 24.4. The SMILES string of the molecule is CC1(C)CC(O)C(C)(C)c2cc(Cn3cccn3)c(/C=C/c3ccc(C(=O)O)cc3)cc21. The zero-order valence-corrected chi connectivity index (χ0v) is 19.0. The molecule has 166 valence electrons. The molecule has 0 aliphatic heterocycles. The molecule has 0 radical (unpaired) electrons. The van der Waals surface area contributed by atoms with Crippen molar-refractivity contribution >= 4 is 18.1 Å². The van der Waals surface area contributed by atoms with Crippen LogP contribution in [0.25, 0.3) is 12.2 Å². The molecule has 3 aromatic rings. The zero-order chi connectivity index (χ0) is 23.1. The Bertz CT molecular complexity index is 1160. The number of hydrogen-bond acceptors (Lipinski definition) is 3. The van der Waals surface area contributed by atoms with Gasteiger partial charge in [0, 0.05) is 17.8 Å². The molecule has 1 unspecified atom stereocenters. The lowest BCUT2D eigenvalue weighted by atomic mass is 9.61. The first-order valence-corrected chi connectivity index (χ1v) is 10.9.